The van der Waals surface area contributed by atoms with E-state index < -0.39 is 0 Å². The highest BCUT2D eigenvalue weighted by Gasteiger charge is 2.35. The fourth-order valence-corrected chi connectivity index (χ4v) is 3.93. The highest BCUT2D eigenvalue weighted by molar-refractivity contribution is 5.98. The van der Waals surface area contributed by atoms with Crippen LogP contribution in [0.3, 0.4) is 0 Å². The first-order valence-electron chi connectivity index (χ1n) is 9.62. The Morgan fingerprint density at radius 1 is 1.29 bits per heavy atom. The summed E-state index contributed by atoms with van der Waals surface area (Å²) in [6, 6.07) is 2.13. The Hall–Kier alpha value is -2.97. The molecule has 1 N–H and O–H groups in total. The van der Waals surface area contributed by atoms with Crippen molar-refractivity contribution in [3.05, 3.63) is 35.5 Å². The summed E-state index contributed by atoms with van der Waals surface area (Å²) >= 11 is 0. The molecule has 0 spiro atoms. The fourth-order valence-electron chi connectivity index (χ4n) is 3.93. The van der Waals surface area contributed by atoms with Crippen LogP contribution in [-0.4, -0.2) is 49.6 Å². The van der Waals surface area contributed by atoms with Crippen LogP contribution >= 0.6 is 0 Å². The predicted octanol–water partition coefficient (Wildman–Crippen LogP) is 1.29. The Morgan fingerprint density at radius 2 is 2.04 bits per heavy atom. The third kappa shape index (κ3) is 3.69. The minimum Gasteiger partial charge on any atom is -0.481 e. The van der Waals surface area contributed by atoms with Crippen molar-refractivity contribution in [3.8, 4) is 5.88 Å². The van der Waals surface area contributed by atoms with Crippen LogP contribution in [0.15, 0.2) is 18.7 Å². The van der Waals surface area contributed by atoms with Crippen molar-refractivity contribution >= 4 is 11.8 Å². The largest absolute Gasteiger partial charge is 0.481 e. The number of amides is 2. The topological polar surface area (TPSA) is 102 Å². The third-order valence-corrected chi connectivity index (χ3v) is 5.45. The lowest BCUT2D eigenvalue weighted by atomic mass is 10.1. The number of nitrogens with zero attached hydrogens (tertiary/aromatic N) is 5. The zero-order valence-corrected chi connectivity index (χ0v) is 15.9. The van der Waals surface area contributed by atoms with Gasteiger partial charge in [0.05, 0.1) is 24.9 Å². The Morgan fingerprint density at radius 3 is 2.75 bits per heavy atom. The molecule has 2 aromatic rings. The molecule has 0 saturated heterocycles. The van der Waals surface area contributed by atoms with Gasteiger partial charge in [0.1, 0.15) is 12.7 Å². The lowest BCUT2D eigenvalue weighted by Gasteiger charge is -2.22. The standard InChI is InChI=1S/C19H24N6O3/c1-28-18-13(9-20-17(26)6-7-24-11-21-22-12-24)8-15-16(23-18)10-25(19(15)27)14-4-2-3-5-14/h8,11-12,14H,2-7,9-10H2,1H3,(H,20,26). The smallest absolute Gasteiger partial charge is 0.256 e. The number of hydrogen-bond acceptors (Lipinski definition) is 6. The Labute approximate surface area is 163 Å². The molecular formula is C19H24N6O3. The zero-order valence-electron chi connectivity index (χ0n) is 15.9. The predicted molar refractivity (Wildman–Crippen MR) is 99.4 cm³/mol. The summed E-state index contributed by atoms with van der Waals surface area (Å²) in [5.41, 5.74) is 2.10. The number of aromatic nitrogens is 4. The first kappa shape index (κ1) is 18.4. The number of methoxy groups -OCH3 is 1. The van der Waals surface area contributed by atoms with Crippen LogP contribution in [-0.2, 0) is 24.4 Å². The average Bonchev–Trinajstić information content (AvgIpc) is 3.46. The van der Waals surface area contributed by atoms with Gasteiger partial charge in [-0.2, -0.15) is 0 Å². The second-order valence-electron chi connectivity index (χ2n) is 7.25. The molecule has 3 heterocycles. The van der Waals surface area contributed by atoms with Gasteiger partial charge in [0.25, 0.3) is 5.91 Å². The van der Waals surface area contributed by atoms with Gasteiger partial charge in [-0.1, -0.05) is 12.8 Å². The second-order valence-corrected chi connectivity index (χ2v) is 7.25. The second kappa shape index (κ2) is 7.95. The van der Waals surface area contributed by atoms with Crippen LogP contribution in [0.1, 0.15) is 53.7 Å². The number of hydrogen-bond donors (Lipinski definition) is 1. The molecule has 9 nitrogen and oxygen atoms in total. The molecule has 1 saturated carbocycles. The number of rotatable bonds is 7. The summed E-state index contributed by atoms with van der Waals surface area (Å²) in [5.74, 6) is 0.395. The van der Waals surface area contributed by atoms with Gasteiger partial charge in [-0.05, 0) is 18.9 Å². The molecule has 148 valence electrons. The van der Waals surface area contributed by atoms with Gasteiger partial charge < -0.3 is 19.5 Å². The van der Waals surface area contributed by atoms with Crippen molar-refractivity contribution < 1.29 is 14.3 Å². The van der Waals surface area contributed by atoms with Gasteiger partial charge in [-0.15, -0.1) is 10.2 Å². The van der Waals surface area contributed by atoms with Crippen LogP contribution in [0.4, 0.5) is 0 Å². The van der Waals surface area contributed by atoms with Crippen LogP contribution in [0.2, 0.25) is 0 Å². The van der Waals surface area contributed by atoms with Crippen LogP contribution in [0.5, 0.6) is 5.88 Å². The van der Waals surface area contributed by atoms with Crippen LogP contribution < -0.4 is 10.1 Å². The molecule has 0 atom stereocenters. The molecule has 4 rings (SSSR count). The number of carbonyl (C=O) groups is 2. The molecule has 28 heavy (non-hydrogen) atoms. The van der Waals surface area contributed by atoms with E-state index in [1.165, 1.54) is 12.8 Å². The SMILES string of the molecule is COc1nc2c(cc1CNC(=O)CCn1cnnc1)C(=O)N(C1CCCC1)C2. The minimum absolute atomic E-state index is 0.0391. The molecule has 2 amide bonds. The zero-order chi connectivity index (χ0) is 19.5. The van der Waals surface area contributed by atoms with E-state index in [0.717, 1.165) is 18.5 Å². The van der Waals surface area contributed by atoms with Crippen LogP contribution in [0.25, 0.3) is 0 Å². The number of fused-ring (bicyclic) bond motifs is 1. The Kier molecular flexibility index (Phi) is 5.23. The highest BCUT2D eigenvalue weighted by Crippen LogP contribution is 2.33. The Bertz CT molecular complexity index is 861. The van der Waals surface area contributed by atoms with E-state index in [-0.39, 0.29) is 18.4 Å². The van der Waals surface area contributed by atoms with E-state index >= 15 is 0 Å². The average molecular weight is 384 g/mol. The highest BCUT2D eigenvalue weighted by atomic mass is 16.5. The molecule has 0 aromatic carbocycles. The van der Waals surface area contributed by atoms with Crippen molar-refractivity contribution in [1.29, 1.82) is 0 Å². The summed E-state index contributed by atoms with van der Waals surface area (Å²) < 4.78 is 7.15. The number of pyridine rings is 1. The minimum atomic E-state index is -0.102. The van der Waals surface area contributed by atoms with Crippen LogP contribution in [0, 0.1) is 0 Å². The molecule has 1 aliphatic carbocycles. The maximum absolute atomic E-state index is 12.9. The van der Waals surface area contributed by atoms with Crippen molar-refractivity contribution in [2.75, 3.05) is 7.11 Å². The summed E-state index contributed by atoms with van der Waals surface area (Å²) in [5, 5.41) is 10.3. The van der Waals surface area contributed by atoms with Crippen molar-refractivity contribution in [2.45, 2.75) is 57.8 Å². The van der Waals surface area contributed by atoms with Gasteiger partial charge in [-0.3, -0.25) is 9.59 Å². The fraction of sp³-hybridized carbons (Fsp3) is 0.526. The van der Waals surface area contributed by atoms with Crippen molar-refractivity contribution in [2.24, 2.45) is 0 Å². The monoisotopic (exact) mass is 384 g/mol. The first-order chi connectivity index (χ1) is 13.7. The summed E-state index contributed by atoms with van der Waals surface area (Å²) in [6.07, 6.45) is 7.93. The maximum atomic E-state index is 12.9. The van der Waals surface area contributed by atoms with E-state index in [0.29, 0.717) is 42.6 Å². The quantitative estimate of drug-likeness (QED) is 0.772. The van der Waals surface area contributed by atoms with E-state index in [2.05, 4.69) is 20.5 Å². The summed E-state index contributed by atoms with van der Waals surface area (Å²) in [7, 11) is 1.55. The first-order valence-corrected chi connectivity index (χ1v) is 9.62. The lowest BCUT2D eigenvalue weighted by Crippen LogP contribution is -2.33. The number of aryl methyl sites for hydroxylation is 1. The molecule has 0 bridgehead atoms. The molecule has 2 aromatic heterocycles. The third-order valence-electron chi connectivity index (χ3n) is 5.45. The molecule has 9 heteroatoms. The number of ether oxygens (including phenoxy) is 1. The molecule has 0 radical (unpaired) electrons. The van der Waals surface area contributed by atoms with E-state index in [4.69, 9.17) is 4.74 Å². The number of nitrogens with one attached hydrogen (secondary N) is 1. The van der Waals surface area contributed by atoms with Gasteiger partial charge >= 0.3 is 0 Å². The molecule has 1 aliphatic heterocycles. The van der Waals surface area contributed by atoms with E-state index in [1.54, 1.807) is 24.3 Å². The van der Waals surface area contributed by atoms with Crippen molar-refractivity contribution in [3.63, 3.8) is 0 Å². The summed E-state index contributed by atoms with van der Waals surface area (Å²) in [6.45, 7) is 1.31. The van der Waals surface area contributed by atoms with E-state index in [1.807, 2.05) is 11.0 Å². The van der Waals surface area contributed by atoms with Gasteiger partial charge in [0.15, 0.2) is 0 Å². The van der Waals surface area contributed by atoms with Gasteiger partial charge in [0.2, 0.25) is 11.8 Å². The summed E-state index contributed by atoms with van der Waals surface area (Å²) in [4.78, 5) is 31.5. The number of carbonyl (C=O) groups excluding carboxylic acids is 2. The Balaban J connectivity index is 1.42. The molecule has 1 fully saturated rings. The van der Waals surface area contributed by atoms with Crippen molar-refractivity contribution in [1.82, 2.24) is 30.0 Å². The lowest BCUT2D eigenvalue weighted by molar-refractivity contribution is -0.121. The molecular weight excluding hydrogens is 360 g/mol. The normalized spacial score (nSPS) is 16.5. The van der Waals surface area contributed by atoms with Gasteiger partial charge in [0, 0.05) is 31.1 Å². The molecule has 2 aliphatic rings. The maximum Gasteiger partial charge on any atom is 0.256 e. The van der Waals surface area contributed by atoms with Gasteiger partial charge in [-0.25, -0.2) is 4.98 Å². The molecule has 0 unspecified atom stereocenters. The van der Waals surface area contributed by atoms with E-state index in [9.17, 15) is 9.59 Å².